The van der Waals surface area contributed by atoms with Gasteiger partial charge in [-0.15, -0.1) is 0 Å². The van der Waals surface area contributed by atoms with Gasteiger partial charge in [-0.25, -0.2) is 13.8 Å². The average Bonchev–Trinajstić information content (AvgIpc) is 2.73. The van der Waals surface area contributed by atoms with Crippen molar-refractivity contribution in [1.82, 2.24) is 5.43 Å². The molecule has 30 heavy (non-hydrogen) atoms. The van der Waals surface area contributed by atoms with Crippen LogP contribution in [0.4, 0.5) is 11.4 Å². The molecule has 0 saturated heterocycles. The molecule has 162 valence electrons. The number of hydrogen-bond donors (Lipinski definition) is 1. The molecule has 0 aliphatic rings. The van der Waals surface area contributed by atoms with Crippen molar-refractivity contribution < 1.29 is 17.9 Å². The number of nitrogens with zero attached hydrogens (tertiary/aromatic N) is 3. The highest BCUT2D eigenvalue weighted by Gasteiger charge is 2.23. The van der Waals surface area contributed by atoms with E-state index in [0.29, 0.717) is 5.75 Å². The molecule has 1 amide bonds. The van der Waals surface area contributed by atoms with Crippen molar-refractivity contribution in [2.24, 2.45) is 5.10 Å². The fourth-order valence-corrected chi connectivity index (χ4v) is 3.78. The van der Waals surface area contributed by atoms with E-state index in [9.17, 15) is 13.2 Å². The van der Waals surface area contributed by atoms with Gasteiger partial charge in [-0.1, -0.05) is 24.3 Å². The minimum atomic E-state index is -3.70. The van der Waals surface area contributed by atoms with Gasteiger partial charge in [-0.2, -0.15) is 5.10 Å². The number of hydrogen-bond acceptors (Lipinski definition) is 6. The quantitative estimate of drug-likeness (QED) is 0.460. The van der Waals surface area contributed by atoms with Crippen LogP contribution in [0.1, 0.15) is 19.4 Å². The van der Waals surface area contributed by atoms with Crippen molar-refractivity contribution in [2.75, 3.05) is 42.2 Å². The van der Waals surface area contributed by atoms with Gasteiger partial charge in [0.05, 0.1) is 25.3 Å². The lowest BCUT2D eigenvalue weighted by atomic mass is 10.2. The second kappa shape index (κ2) is 10.6. The van der Waals surface area contributed by atoms with Crippen LogP contribution in [0.25, 0.3) is 0 Å². The highest BCUT2D eigenvalue weighted by molar-refractivity contribution is 7.92. The van der Waals surface area contributed by atoms with E-state index in [1.54, 1.807) is 24.3 Å². The molecule has 2 aromatic carbocycles. The van der Waals surface area contributed by atoms with E-state index >= 15 is 0 Å². The molecule has 0 heterocycles. The second-order valence-corrected chi connectivity index (χ2v) is 8.41. The minimum Gasteiger partial charge on any atom is -0.495 e. The number of anilines is 2. The number of carbonyl (C=O) groups is 1. The fourth-order valence-electron chi connectivity index (χ4n) is 2.92. The number of rotatable bonds is 10. The van der Waals surface area contributed by atoms with Gasteiger partial charge in [0.2, 0.25) is 10.0 Å². The maximum atomic E-state index is 12.3. The summed E-state index contributed by atoms with van der Waals surface area (Å²) in [6, 6.07) is 14.4. The van der Waals surface area contributed by atoms with Crippen LogP contribution in [-0.2, 0) is 14.8 Å². The third-order valence-corrected chi connectivity index (χ3v) is 5.59. The summed E-state index contributed by atoms with van der Waals surface area (Å²) in [5.74, 6) is -0.213. The van der Waals surface area contributed by atoms with Crippen LogP contribution in [-0.4, -0.2) is 53.5 Å². The molecule has 9 heteroatoms. The van der Waals surface area contributed by atoms with Crippen LogP contribution < -0.4 is 19.4 Å². The number of ether oxygens (including phenoxy) is 1. The van der Waals surface area contributed by atoms with Gasteiger partial charge >= 0.3 is 0 Å². The molecule has 2 rings (SSSR count). The topological polar surface area (TPSA) is 91.3 Å². The number of amides is 1. The SMILES string of the molecule is CCN(CC)c1ccc(/C=N\NC(=O)CN(c2ccccc2OC)S(C)(=O)=O)cc1. The Bertz CT molecular complexity index is 971. The molecule has 0 aliphatic heterocycles. The van der Waals surface area contributed by atoms with Gasteiger partial charge in [0.25, 0.3) is 5.91 Å². The maximum absolute atomic E-state index is 12.3. The second-order valence-electron chi connectivity index (χ2n) is 6.50. The fraction of sp³-hybridized carbons (Fsp3) is 0.333. The van der Waals surface area contributed by atoms with Crippen molar-refractivity contribution >= 4 is 33.5 Å². The predicted octanol–water partition coefficient (Wildman–Crippen LogP) is 2.46. The van der Waals surface area contributed by atoms with Crippen LogP contribution >= 0.6 is 0 Å². The molecule has 0 radical (unpaired) electrons. The Morgan fingerprint density at radius 1 is 1.10 bits per heavy atom. The van der Waals surface area contributed by atoms with Crippen molar-refractivity contribution in [1.29, 1.82) is 0 Å². The lowest BCUT2D eigenvalue weighted by Crippen LogP contribution is -2.39. The molecular formula is C21H28N4O4S. The maximum Gasteiger partial charge on any atom is 0.260 e. The molecule has 8 nitrogen and oxygen atoms in total. The Labute approximate surface area is 178 Å². The van der Waals surface area contributed by atoms with Gasteiger partial charge in [-0.3, -0.25) is 9.10 Å². The van der Waals surface area contributed by atoms with Crippen molar-refractivity contribution in [2.45, 2.75) is 13.8 Å². The number of nitrogens with one attached hydrogen (secondary N) is 1. The summed E-state index contributed by atoms with van der Waals surface area (Å²) in [6.07, 6.45) is 2.55. The first-order valence-electron chi connectivity index (χ1n) is 9.57. The number of hydrazone groups is 1. The van der Waals surface area contributed by atoms with E-state index in [-0.39, 0.29) is 5.69 Å². The third kappa shape index (κ3) is 6.21. The summed E-state index contributed by atoms with van der Waals surface area (Å²) in [4.78, 5) is 14.5. The van der Waals surface area contributed by atoms with Crippen LogP contribution in [0.5, 0.6) is 5.75 Å². The number of methoxy groups -OCH3 is 1. The van der Waals surface area contributed by atoms with E-state index in [4.69, 9.17) is 4.74 Å². The highest BCUT2D eigenvalue weighted by atomic mass is 32.2. The molecular weight excluding hydrogens is 404 g/mol. The molecule has 0 bridgehead atoms. The zero-order chi connectivity index (χ0) is 22.1. The highest BCUT2D eigenvalue weighted by Crippen LogP contribution is 2.29. The zero-order valence-electron chi connectivity index (χ0n) is 17.7. The molecule has 1 N–H and O–H groups in total. The van der Waals surface area contributed by atoms with Crippen LogP contribution in [0.15, 0.2) is 53.6 Å². The Kier molecular flexibility index (Phi) is 8.23. The van der Waals surface area contributed by atoms with Crippen molar-refractivity contribution in [3.8, 4) is 5.75 Å². The Hall–Kier alpha value is -3.07. The third-order valence-electron chi connectivity index (χ3n) is 4.47. The first kappa shape index (κ1) is 23.2. The summed E-state index contributed by atoms with van der Waals surface area (Å²) < 4.78 is 30.6. The molecule has 0 saturated carbocycles. The minimum absolute atomic E-state index is 0.286. The van der Waals surface area contributed by atoms with E-state index in [0.717, 1.165) is 34.9 Å². The van der Waals surface area contributed by atoms with Crippen LogP contribution in [0.3, 0.4) is 0 Å². The number of para-hydroxylation sites is 2. The molecule has 0 aromatic heterocycles. The molecule has 0 aliphatic carbocycles. The molecule has 0 atom stereocenters. The summed E-state index contributed by atoms with van der Waals surface area (Å²) in [5, 5.41) is 3.94. The smallest absolute Gasteiger partial charge is 0.260 e. The monoisotopic (exact) mass is 432 g/mol. The lowest BCUT2D eigenvalue weighted by molar-refractivity contribution is -0.119. The first-order chi connectivity index (χ1) is 14.3. The molecule has 0 fully saturated rings. The van der Waals surface area contributed by atoms with Crippen LogP contribution in [0.2, 0.25) is 0 Å². The summed E-state index contributed by atoms with van der Waals surface area (Å²) in [5.41, 5.74) is 4.59. The summed E-state index contributed by atoms with van der Waals surface area (Å²) >= 11 is 0. The first-order valence-corrected chi connectivity index (χ1v) is 11.4. The Morgan fingerprint density at radius 2 is 1.73 bits per heavy atom. The van der Waals surface area contributed by atoms with Crippen molar-refractivity contribution in [3.05, 3.63) is 54.1 Å². The van der Waals surface area contributed by atoms with E-state index in [2.05, 4.69) is 29.3 Å². The van der Waals surface area contributed by atoms with Gasteiger partial charge < -0.3 is 9.64 Å². The van der Waals surface area contributed by atoms with Crippen LogP contribution in [0, 0.1) is 0 Å². The lowest BCUT2D eigenvalue weighted by Gasteiger charge is -2.23. The summed E-state index contributed by atoms with van der Waals surface area (Å²) in [7, 11) is -2.27. The standard InChI is InChI=1S/C21H28N4O4S/c1-5-24(6-2)18-13-11-17(12-14-18)15-22-23-21(26)16-25(30(4,27)28)19-9-7-8-10-20(19)29-3/h7-15H,5-6,16H2,1-4H3,(H,23,26)/b22-15-. The van der Waals surface area contributed by atoms with Gasteiger partial charge in [-0.05, 0) is 43.7 Å². The largest absolute Gasteiger partial charge is 0.495 e. The van der Waals surface area contributed by atoms with Crippen molar-refractivity contribution in [3.63, 3.8) is 0 Å². The van der Waals surface area contributed by atoms with E-state index in [1.165, 1.54) is 13.3 Å². The zero-order valence-corrected chi connectivity index (χ0v) is 18.5. The normalized spacial score (nSPS) is 11.3. The van der Waals surface area contributed by atoms with Gasteiger partial charge in [0, 0.05) is 18.8 Å². The van der Waals surface area contributed by atoms with Gasteiger partial charge in [0.1, 0.15) is 12.3 Å². The van der Waals surface area contributed by atoms with E-state index < -0.39 is 22.5 Å². The van der Waals surface area contributed by atoms with Gasteiger partial charge in [0.15, 0.2) is 0 Å². The average molecular weight is 433 g/mol. The molecule has 0 unspecified atom stereocenters. The summed E-state index contributed by atoms with van der Waals surface area (Å²) in [6.45, 7) is 5.61. The Balaban J connectivity index is 2.06. The molecule has 2 aromatic rings. The number of sulfonamides is 1. The number of carbonyl (C=O) groups excluding carboxylic acids is 1. The predicted molar refractivity (Wildman–Crippen MR) is 121 cm³/mol. The molecule has 0 spiro atoms. The number of benzene rings is 2. The Morgan fingerprint density at radius 3 is 2.30 bits per heavy atom. The van der Waals surface area contributed by atoms with E-state index in [1.807, 2.05) is 24.3 Å².